The lowest BCUT2D eigenvalue weighted by Gasteiger charge is -2.18. The third-order valence-electron chi connectivity index (χ3n) is 3.13. The van der Waals surface area contributed by atoms with E-state index >= 15 is 0 Å². The molecule has 0 radical (unpaired) electrons. The summed E-state index contributed by atoms with van der Waals surface area (Å²) in [6, 6.07) is 0.417. The van der Waals surface area contributed by atoms with Crippen LogP contribution in [0.5, 0.6) is 0 Å². The second-order valence-electron chi connectivity index (χ2n) is 5.49. The largest absolute Gasteiger partial charge is 0.342 e. The highest BCUT2D eigenvalue weighted by atomic mass is 16.5. The van der Waals surface area contributed by atoms with Gasteiger partial charge in [-0.25, -0.2) is 0 Å². The standard InChI is InChI=1S/C14H28N4O/c1-6-8-15-12(9-11(3)4)10-13-16-14(17-19-13)18(5)7-2/h11-12,15H,6-10H2,1-5H3. The molecule has 0 saturated carbocycles. The van der Waals surface area contributed by atoms with Crippen molar-refractivity contribution in [2.75, 3.05) is 25.0 Å². The zero-order chi connectivity index (χ0) is 14.3. The highest BCUT2D eigenvalue weighted by molar-refractivity contribution is 5.25. The third kappa shape index (κ3) is 5.59. The Balaban J connectivity index is 2.59. The third-order valence-corrected chi connectivity index (χ3v) is 3.13. The summed E-state index contributed by atoms with van der Waals surface area (Å²) < 4.78 is 5.34. The predicted molar refractivity (Wildman–Crippen MR) is 78.5 cm³/mol. The van der Waals surface area contributed by atoms with Crippen molar-refractivity contribution in [2.45, 2.75) is 53.0 Å². The second-order valence-corrected chi connectivity index (χ2v) is 5.49. The van der Waals surface area contributed by atoms with Crippen LogP contribution in [-0.2, 0) is 6.42 Å². The Bertz CT molecular complexity index is 351. The summed E-state index contributed by atoms with van der Waals surface area (Å²) in [5.74, 6) is 2.07. The molecule has 0 bridgehead atoms. The molecule has 0 saturated heterocycles. The van der Waals surface area contributed by atoms with Crippen LogP contribution in [-0.4, -0.2) is 36.3 Å². The number of anilines is 1. The molecule has 1 unspecified atom stereocenters. The first-order valence-corrected chi connectivity index (χ1v) is 7.33. The van der Waals surface area contributed by atoms with Crippen LogP contribution in [0.2, 0.25) is 0 Å². The molecular formula is C14H28N4O. The number of hydrogen-bond acceptors (Lipinski definition) is 5. The van der Waals surface area contributed by atoms with Crippen LogP contribution in [0.4, 0.5) is 5.95 Å². The molecule has 0 aliphatic carbocycles. The molecule has 0 aliphatic rings. The summed E-state index contributed by atoms with van der Waals surface area (Å²) in [5.41, 5.74) is 0. The van der Waals surface area contributed by atoms with E-state index in [0.29, 0.717) is 17.9 Å². The SMILES string of the molecule is CCCNC(Cc1nc(N(C)CC)no1)CC(C)C. The van der Waals surface area contributed by atoms with Gasteiger partial charge in [-0.1, -0.05) is 20.8 Å². The lowest BCUT2D eigenvalue weighted by molar-refractivity contribution is 0.337. The Morgan fingerprint density at radius 3 is 2.63 bits per heavy atom. The molecule has 0 fully saturated rings. The van der Waals surface area contributed by atoms with Crippen molar-refractivity contribution in [1.29, 1.82) is 0 Å². The van der Waals surface area contributed by atoms with E-state index in [4.69, 9.17) is 4.52 Å². The molecule has 1 rings (SSSR count). The van der Waals surface area contributed by atoms with E-state index in [2.05, 4.69) is 43.2 Å². The second kappa shape index (κ2) is 8.15. The highest BCUT2D eigenvalue weighted by Gasteiger charge is 2.16. The first-order valence-electron chi connectivity index (χ1n) is 7.33. The van der Waals surface area contributed by atoms with E-state index in [1.165, 1.54) is 0 Å². The van der Waals surface area contributed by atoms with Crippen LogP contribution in [0.1, 0.15) is 46.4 Å². The minimum absolute atomic E-state index is 0.417. The van der Waals surface area contributed by atoms with Crippen LogP contribution in [0.25, 0.3) is 0 Å². The van der Waals surface area contributed by atoms with Gasteiger partial charge in [0.05, 0.1) is 0 Å². The summed E-state index contributed by atoms with van der Waals surface area (Å²) in [5, 5.41) is 7.57. The molecule has 0 aliphatic heterocycles. The number of rotatable bonds is 9. The average Bonchev–Trinajstić information content (AvgIpc) is 2.82. The smallest absolute Gasteiger partial charge is 0.265 e. The average molecular weight is 268 g/mol. The maximum Gasteiger partial charge on any atom is 0.265 e. The lowest BCUT2D eigenvalue weighted by Crippen LogP contribution is -2.33. The summed E-state index contributed by atoms with van der Waals surface area (Å²) in [6.45, 7) is 10.6. The monoisotopic (exact) mass is 268 g/mol. The van der Waals surface area contributed by atoms with E-state index in [9.17, 15) is 0 Å². The van der Waals surface area contributed by atoms with E-state index < -0.39 is 0 Å². The van der Waals surface area contributed by atoms with Crippen molar-refractivity contribution in [3.63, 3.8) is 0 Å². The summed E-state index contributed by atoms with van der Waals surface area (Å²) in [4.78, 5) is 6.42. The molecule has 0 amide bonds. The molecule has 5 heteroatoms. The fourth-order valence-electron chi connectivity index (χ4n) is 1.99. The van der Waals surface area contributed by atoms with Gasteiger partial charge in [0, 0.05) is 26.1 Å². The van der Waals surface area contributed by atoms with Gasteiger partial charge in [0.25, 0.3) is 5.95 Å². The van der Waals surface area contributed by atoms with Gasteiger partial charge in [0.1, 0.15) is 0 Å². The van der Waals surface area contributed by atoms with E-state index in [-0.39, 0.29) is 0 Å². The van der Waals surface area contributed by atoms with Gasteiger partial charge >= 0.3 is 0 Å². The number of nitrogens with one attached hydrogen (secondary N) is 1. The van der Waals surface area contributed by atoms with Crippen molar-refractivity contribution in [3.05, 3.63) is 5.89 Å². The fourth-order valence-corrected chi connectivity index (χ4v) is 1.99. The van der Waals surface area contributed by atoms with Crippen molar-refractivity contribution < 1.29 is 4.52 Å². The Kier molecular flexibility index (Phi) is 6.84. The van der Waals surface area contributed by atoms with Gasteiger partial charge < -0.3 is 14.7 Å². The molecule has 5 nitrogen and oxygen atoms in total. The molecule has 1 aromatic heterocycles. The first kappa shape index (κ1) is 16.0. The minimum atomic E-state index is 0.417. The molecule has 0 spiro atoms. The first-order chi connectivity index (χ1) is 9.06. The van der Waals surface area contributed by atoms with Gasteiger partial charge in [-0.15, -0.1) is 0 Å². The molecule has 110 valence electrons. The Labute approximate surface area is 116 Å². The van der Waals surface area contributed by atoms with Gasteiger partial charge in [-0.2, -0.15) is 4.98 Å². The van der Waals surface area contributed by atoms with Crippen LogP contribution < -0.4 is 10.2 Å². The quantitative estimate of drug-likeness (QED) is 0.745. The topological polar surface area (TPSA) is 54.2 Å². The van der Waals surface area contributed by atoms with Crippen molar-refractivity contribution in [3.8, 4) is 0 Å². The molecule has 0 aromatic carbocycles. The van der Waals surface area contributed by atoms with E-state index in [1.807, 2.05) is 11.9 Å². The Hall–Kier alpha value is -1.10. The van der Waals surface area contributed by atoms with Crippen LogP contribution >= 0.6 is 0 Å². The number of aromatic nitrogens is 2. The van der Waals surface area contributed by atoms with Crippen molar-refractivity contribution in [2.24, 2.45) is 5.92 Å². The minimum Gasteiger partial charge on any atom is -0.342 e. The zero-order valence-electron chi connectivity index (χ0n) is 12.9. The van der Waals surface area contributed by atoms with Gasteiger partial charge in [-0.3, -0.25) is 0 Å². The molecule has 1 atom stereocenters. The zero-order valence-corrected chi connectivity index (χ0v) is 12.9. The van der Waals surface area contributed by atoms with Crippen LogP contribution in [0.15, 0.2) is 4.52 Å². The molecule has 19 heavy (non-hydrogen) atoms. The highest BCUT2D eigenvalue weighted by Crippen LogP contribution is 2.13. The summed E-state index contributed by atoms with van der Waals surface area (Å²) in [7, 11) is 1.97. The summed E-state index contributed by atoms with van der Waals surface area (Å²) in [6.07, 6.45) is 3.08. The number of nitrogens with zero attached hydrogens (tertiary/aromatic N) is 3. The molecular weight excluding hydrogens is 240 g/mol. The van der Waals surface area contributed by atoms with Crippen molar-refractivity contribution in [1.82, 2.24) is 15.5 Å². The normalized spacial score (nSPS) is 12.9. The Morgan fingerprint density at radius 1 is 1.32 bits per heavy atom. The predicted octanol–water partition coefficient (Wildman–Crippen LogP) is 2.48. The molecule has 1 aromatic rings. The van der Waals surface area contributed by atoms with E-state index in [0.717, 1.165) is 38.2 Å². The fraction of sp³-hybridized carbons (Fsp3) is 0.857. The maximum atomic E-state index is 5.34. The van der Waals surface area contributed by atoms with Gasteiger partial charge in [0.2, 0.25) is 5.89 Å². The lowest BCUT2D eigenvalue weighted by atomic mass is 10.0. The van der Waals surface area contributed by atoms with Crippen molar-refractivity contribution >= 4 is 5.95 Å². The van der Waals surface area contributed by atoms with Gasteiger partial charge in [-0.05, 0) is 37.4 Å². The maximum absolute atomic E-state index is 5.34. The number of hydrogen-bond donors (Lipinski definition) is 1. The van der Waals surface area contributed by atoms with Crippen LogP contribution in [0, 0.1) is 5.92 Å². The Morgan fingerprint density at radius 2 is 2.05 bits per heavy atom. The molecule has 1 N–H and O–H groups in total. The van der Waals surface area contributed by atoms with E-state index in [1.54, 1.807) is 0 Å². The molecule has 1 heterocycles. The van der Waals surface area contributed by atoms with Crippen LogP contribution in [0.3, 0.4) is 0 Å². The summed E-state index contributed by atoms with van der Waals surface area (Å²) >= 11 is 0. The van der Waals surface area contributed by atoms with Gasteiger partial charge in [0.15, 0.2) is 0 Å².